The summed E-state index contributed by atoms with van der Waals surface area (Å²) in [7, 11) is 0. The molecule has 22 heavy (non-hydrogen) atoms. The second-order valence-corrected chi connectivity index (χ2v) is 5.28. The highest BCUT2D eigenvalue weighted by atomic mass is 16.5. The van der Waals surface area contributed by atoms with Gasteiger partial charge in [0.05, 0.1) is 13.2 Å². The number of pyridine rings is 1. The predicted molar refractivity (Wildman–Crippen MR) is 85.6 cm³/mol. The van der Waals surface area contributed by atoms with Crippen LogP contribution in [-0.4, -0.2) is 36.2 Å². The molecular formula is C18H18N2O2. The number of H-pyrrole nitrogens is 1. The Bertz CT molecular complexity index is 732. The van der Waals surface area contributed by atoms with E-state index in [0.29, 0.717) is 0 Å². The summed E-state index contributed by atoms with van der Waals surface area (Å²) in [5.41, 5.74) is 2.82. The van der Waals surface area contributed by atoms with Gasteiger partial charge in [0.1, 0.15) is 0 Å². The van der Waals surface area contributed by atoms with E-state index in [1.165, 1.54) is 11.6 Å². The average Bonchev–Trinajstić information content (AvgIpc) is 2.55. The molecule has 0 spiro atoms. The summed E-state index contributed by atoms with van der Waals surface area (Å²) in [4.78, 5) is 16.2. The molecule has 4 nitrogen and oxygen atoms in total. The number of aromatic amines is 1. The molecule has 1 aliphatic rings. The minimum Gasteiger partial charge on any atom is -0.379 e. The van der Waals surface area contributed by atoms with E-state index in [2.05, 4.69) is 33.9 Å². The second kappa shape index (κ2) is 7.08. The van der Waals surface area contributed by atoms with Crippen LogP contribution >= 0.6 is 0 Å². The monoisotopic (exact) mass is 294 g/mol. The average molecular weight is 294 g/mol. The zero-order valence-corrected chi connectivity index (χ0v) is 12.3. The number of nitrogens with one attached hydrogen (secondary N) is 1. The van der Waals surface area contributed by atoms with Crippen LogP contribution in [-0.2, 0) is 11.3 Å². The van der Waals surface area contributed by atoms with Crippen molar-refractivity contribution in [2.24, 2.45) is 0 Å². The SMILES string of the molecule is O=c1cc(C#Cc2ccc(CN3CCOCC3)cc2)cc[nH]1. The van der Waals surface area contributed by atoms with Crippen LogP contribution in [0, 0.1) is 11.8 Å². The lowest BCUT2D eigenvalue weighted by atomic mass is 10.1. The van der Waals surface area contributed by atoms with Gasteiger partial charge in [-0.05, 0) is 23.8 Å². The van der Waals surface area contributed by atoms with Crippen molar-refractivity contribution in [3.63, 3.8) is 0 Å². The van der Waals surface area contributed by atoms with Crippen molar-refractivity contribution in [2.45, 2.75) is 6.54 Å². The standard InChI is InChI=1S/C18H18N2O2/c21-18-13-16(7-8-19-18)4-1-15-2-5-17(6-3-15)14-20-9-11-22-12-10-20/h2-3,5-8,13H,9-12,14H2,(H,19,21). The zero-order valence-electron chi connectivity index (χ0n) is 12.3. The Balaban J connectivity index is 1.65. The topological polar surface area (TPSA) is 45.3 Å². The number of hydrogen-bond acceptors (Lipinski definition) is 3. The van der Waals surface area contributed by atoms with Crippen LogP contribution in [0.3, 0.4) is 0 Å². The lowest BCUT2D eigenvalue weighted by Crippen LogP contribution is -2.35. The summed E-state index contributed by atoms with van der Waals surface area (Å²) >= 11 is 0. The minimum absolute atomic E-state index is 0.132. The van der Waals surface area contributed by atoms with Crippen LogP contribution in [0.1, 0.15) is 16.7 Å². The second-order valence-electron chi connectivity index (χ2n) is 5.28. The van der Waals surface area contributed by atoms with Crippen molar-refractivity contribution < 1.29 is 4.74 Å². The molecule has 0 bridgehead atoms. The highest BCUT2D eigenvalue weighted by molar-refractivity contribution is 5.42. The molecule has 1 aromatic heterocycles. The van der Waals surface area contributed by atoms with Gasteiger partial charge in [0, 0.05) is 43.0 Å². The molecule has 4 heteroatoms. The number of benzene rings is 1. The summed E-state index contributed by atoms with van der Waals surface area (Å²) in [6, 6.07) is 11.6. The molecule has 2 aromatic rings. The fourth-order valence-corrected chi connectivity index (χ4v) is 2.38. The summed E-state index contributed by atoms with van der Waals surface area (Å²) in [5.74, 6) is 6.09. The Kier molecular flexibility index (Phi) is 4.69. The molecule has 0 saturated carbocycles. The van der Waals surface area contributed by atoms with Gasteiger partial charge in [-0.2, -0.15) is 0 Å². The minimum atomic E-state index is -0.132. The number of ether oxygens (including phenoxy) is 1. The third-order valence-corrected chi connectivity index (χ3v) is 3.59. The third kappa shape index (κ3) is 4.08. The molecule has 1 aromatic carbocycles. The van der Waals surface area contributed by atoms with Crippen molar-refractivity contribution in [3.05, 3.63) is 69.6 Å². The zero-order chi connectivity index (χ0) is 15.2. The summed E-state index contributed by atoms with van der Waals surface area (Å²) in [5, 5.41) is 0. The smallest absolute Gasteiger partial charge is 0.249 e. The number of hydrogen-bond donors (Lipinski definition) is 1. The first-order valence-corrected chi connectivity index (χ1v) is 7.39. The van der Waals surface area contributed by atoms with Crippen LogP contribution < -0.4 is 5.56 Å². The fraction of sp³-hybridized carbons (Fsp3) is 0.278. The Morgan fingerprint density at radius 2 is 1.77 bits per heavy atom. The van der Waals surface area contributed by atoms with Crippen LogP contribution in [0.4, 0.5) is 0 Å². The van der Waals surface area contributed by atoms with Crippen molar-refractivity contribution in [1.29, 1.82) is 0 Å². The highest BCUT2D eigenvalue weighted by Crippen LogP contribution is 2.08. The fourth-order valence-electron chi connectivity index (χ4n) is 2.38. The first kappa shape index (κ1) is 14.6. The molecule has 0 atom stereocenters. The van der Waals surface area contributed by atoms with Crippen molar-refractivity contribution in [2.75, 3.05) is 26.3 Å². The molecular weight excluding hydrogens is 276 g/mol. The number of morpholine rings is 1. The summed E-state index contributed by atoms with van der Waals surface area (Å²) in [6.45, 7) is 4.57. The van der Waals surface area contributed by atoms with Crippen molar-refractivity contribution in [3.8, 4) is 11.8 Å². The highest BCUT2D eigenvalue weighted by Gasteiger charge is 2.10. The number of aromatic nitrogens is 1. The molecule has 0 radical (unpaired) electrons. The third-order valence-electron chi connectivity index (χ3n) is 3.59. The van der Waals surface area contributed by atoms with Gasteiger partial charge in [-0.1, -0.05) is 24.0 Å². The Hall–Kier alpha value is -2.35. The number of nitrogens with zero attached hydrogens (tertiary/aromatic N) is 1. The molecule has 1 fully saturated rings. The molecule has 3 rings (SSSR count). The first-order valence-electron chi connectivity index (χ1n) is 7.39. The quantitative estimate of drug-likeness (QED) is 0.856. The van der Waals surface area contributed by atoms with E-state index in [4.69, 9.17) is 4.74 Å². The van der Waals surface area contributed by atoms with E-state index in [-0.39, 0.29) is 5.56 Å². The van der Waals surface area contributed by atoms with E-state index < -0.39 is 0 Å². The van der Waals surface area contributed by atoms with E-state index >= 15 is 0 Å². The lowest BCUT2D eigenvalue weighted by Gasteiger charge is -2.26. The lowest BCUT2D eigenvalue weighted by molar-refractivity contribution is 0.0342. The first-order chi connectivity index (χ1) is 10.8. The largest absolute Gasteiger partial charge is 0.379 e. The maximum atomic E-state index is 11.2. The van der Waals surface area contributed by atoms with E-state index in [1.807, 2.05) is 12.1 Å². The van der Waals surface area contributed by atoms with Gasteiger partial charge in [0.15, 0.2) is 0 Å². The Morgan fingerprint density at radius 3 is 2.50 bits per heavy atom. The van der Waals surface area contributed by atoms with Crippen molar-refractivity contribution in [1.82, 2.24) is 9.88 Å². The predicted octanol–water partition coefficient (Wildman–Crippen LogP) is 1.61. The normalized spacial score (nSPS) is 15.1. The van der Waals surface area contributed by atoms with Gasteiger partial charge in [-0.25, -0.2) is 0 Å². The van der Waals surface area contributed by atoms with Gasteiger partial charge < -0.3 is 9.72 Å². The molecule has 1 saturated heterocycles. The number of rotatable bonds is 2. The molecule has 0 unspecified atom stereocenters. The van der Waals surface area contributed by atoms with Gasteiger partial charge in [0.2, 0.25) is 5.56 Å². The molecule has 0 aliphatic carbocycles. The van der Waals surface area contributed by atoms with Crippen LogP contribution in [0.25, 0.3) is 0 Å². The van der Waals surface area contributed by atoms with Crippen molar-refractivity contribution >= 4 is 0 Å². The Labute approximate surface area is 129 Å². The van der Waals surface area contributed by atoms with E-state index in [0.717, 1.165) is 44.0 Å². The molecule has 0 amide bonds. The molecule has 112 valence electrons. The van der Waals surface area contributed by atoms with E-state index in [9.17, 15) is 4.79 Å². The van der Waals surface area contributed by atoms with Crippen LogP contribution in [0.5, 0.6) is 0 Å². The Morgan fingerprint density at radius 1 is 1.05 bits per heavy atom. The molecule has 2 heterocycles. The van der Waals surface area contributed by atoms with E-state index in [1.54, 1.807) is 12.3 Å². The van der Waals surface area contributed by atoms with Crippen LogP contribution in [0.2, 0.25) is 0 Å². The van der Waals surface area contributed by atoms with Crippen LogP contribution in [0.15, 0.2) is 47.4 Å². The van der Waals surface area contributed by atoms with Gasteiger partial charge in [0.25, 0.3) is 0 Å². The summed E-state index contributed by atoms with van der Waals surface area (Å²) < 4.78 is 5.35. The molecule has 1 N–H and O–H groups in total. The van der Waals surface area contributed by atoms with Gasteiger partial charge >= 0.3 is 0 Å². The summed E-state index contributed by atoms with van der Waals surface area (Å²) in [6.07, 6.45) is 1.61. The molecule has 1 aliphatic heterocycles. The van der Waals surface area contributed by atoms with Gasteiger partial charge in [-0.3, -0.25) is 9.69 Å². The maximum absolute atomic E-state index is 11.2. The maximum Gasteiger partial charge on any atom is 0.249 e. The van der Waals surface area contributed by atoms with Gasteiger partial charge in [-0.15, -0.1) is 0 Å².